The molecule has 0 aliphatic heterocycles. The standard InChI is InChI=1S/C13H19NO3/c1-16-11-4-3-10(12(7-11)17-2)8-14-13(9-15)5-6-13/h3-4,7,14-15H,5-6,8-9H2,1-2H3. The molecule has 4 nitrogen and oxygen atoms in total. The molecule has 0 radical (unpaired) electrons. The molecular formula is C13H19NO3. The summed E-state index contributed by atoms with van der Waals surface area (Å²) in [5.74, 6) is 1.60. The maximum Gasteiger partial charge on any atom is 0.127 e. The third kappa shape index (κ3) is 2.70. The minimum absolute atomic E-state index is 0.0507. The van der Waals surface area contributed by atoms with Crippen LogP contribution in [0.4, 0.5) is 0 Å². The van der Waals surface area contributed by atoms with Crippen LogP contribution < -0.4 is 14.8 Å². The van der Waals surface area contributed by atoms with Gasteiger partial charge in [0.25, 0.3) is 0 Å². The van der Waals surface area contributed by atoms with Crippen LogP contribution in [-0.4, -0.2) is 31.5 Å². The average Bonchev–Trinajstić information content (AvgIpc) is 3.16. The average molecular weight is 237 g/mol. The molecule has 0 unspecified atom stereocenters. The molecule has 4 heteroatoms. The second kappa shape index (κ2) is 4.94. The second-order valence-electron chi connectivity index (χ2n) is 4.47. The highest BCUT2D eigenvalue weighted by Gasteiger charge is 2.41. The van der Waals surface area contributed by atoms with Gasteiger partial charge in [0, 0.05) is 23.7 Å². The SMILES string of the molecule is COc1ccc(CNC2(CO)CC2)c(OC)c1. The number of ether oxygens (including phenoxy) is 2. The number of benzene rings is 1. The summed E-state index contributed by atoms with van der Waals surface area (Å²) in [6.45, 7) is 0.902. The van der Waals surface area contributed by atoms with E-state index < -0.39 is 0 Å². The Morgan fingerprint density at radius 2 is 2.06 bits per heavy atom. The predicted molar refractivity (Wildman–Crippen MR) is 65.4 cm³/mol. The van der Waals surface area contributed by atoms with Gasteiger partial charge in [-0.1, -0.05) is 6.07 Å². The lowest BCUT2D eigenvalue weighted by Crippen LogP contribution is -2.34. The third-order valence-electron chi connectivity index (χ3n) is 3.30. The molecule has 0 amide bonds. The number of hydrogen-bond acceptors (Lipinski definition) is 4. The van der Waals surface area contributed by atoms with Gasteiger partial charge in [-0.25, -0.2) is 0 Å². The Morgan fingerprint density at radius 3 is 2.59 bits per heavy atom. The molecule has 0 saturated heterocycles. The van der Waals surface area contributed by atoms with E-state index in [4.69, 9.17) is 9.47 Å². The summed E-state index contributed by atoms with van der Waals surface area (Å²) in [4.78, 5) is 0. The van der Waals surface area contributed by atoms with Crippen LogP contribution in [0.2, 0.25) is 0 Å². The van der Waals surface area contributed by atoms with Crippen molar-refractivity contribution in [1.29, 1.82) is 0 Å². The molecule has 0 aromatic heterocycles. The zero-order valence-electron chi connectivity index (χ0n) is 10.3. The molecule has 1 fully saturated rings. The highest BCUT2D eigenvalue weighted by molar-refractivity contribution is 5.40. The first kappa shape index (κ1) is 12.2. The fourth-order valence-corrected chi connectivity index (χ4v) is 1.82. The van der Waals surface area contributed by atoms with E-state index in [0.29, 0.717) is 6.54 Å². The van der Waals surface area contributed by atoms with E-state index in [1.165, 1.54) is 0 Å². The van der Waals surface area contributed by atoms with Gasteiger partial charge in [0.2, 0.25) is 0 Å². The van der Waals surface area contributed by atoms with Crippen LogP contribution in [0.3, 0.4) is 0 Å². The third-order valence-corrected chi connectivity index (χ3v) is 3.30. The first-order valence-corrected chi connectivity index (χ1v) is 5.80. The number of rotatable bonds is 6. The Morgan fingerprint density at radius 1 is 1.29 bits per heavy atom. The van der Waals surface area contributed by atoms with Gasteiger partial charge in [-0.2, -0.15) is 0 Å². The van der Waals surface area contributed by atoms with Gasteiger partial charge in [-0.3, -0.25) is 0 Å². The van der Waals surface area contributed by atoms with Gasteiger partial charge in [-0.05, 0) is 18.9 Å². The number of nitrogens with one attached hydrogen (secondary N) is 1. The first-order chi connectivity index (χ1) is 8.23. The van der Waals surface area contributed by atoms with Gasteiger partial charge in [0.1, 0.15) is 11.5 Å². The molecular weight excluding hydrogens is 218 g/mol. The monoisotopic (exact) mass is 237 g/mol. The van der Waals surface area contributed by atoms with Gasteiger partial charge in [-0.15, -0.1) is 0 Å². The lowest BCUT2D eigenvalue weighted by Gasteiger charge is -2.16. The lowest BCUT2D eigenvalue weighted by molar-refractivity contribution is 0.229. The second-order valence-corrected chi connectivity index (χ2v) is 4.47. The quantitative estimate of drug-likeness (QED) is 0.783. The van der Waals surface area contributed by atoms with Crippen molar-refractivity contribution in [3.63, 3.8) is 0 Å². The molecule has 1 aromatic carbocycles. The van der Waals surface area contributed by atoms with E-state index in [9.17, 15) is 5.11 Å². The van der Waals surface area contributed by atoms with Gasteiger partial charge >= 0.3 is 0 Å². The number of aliphatic hydroxyl groups is 1. The summed E-state index contributed by atoms with van der Waals surface area (Å²) in [7, 11) is 3.29. The van der Waals surface area contributed by atoms with Gasteiger partial charge < -0.3 is 19.9 Å². The zero-order valence-corrected chi connectivity index (χ0v) is 10.3. The molecule has 17 heavy (non-hydrogen) atoms. The molecule has 2 N–H and O–H groups in total. The predicted octanol–water partition coefficient (Wildman–Crippen LogP) is 1.32. The minimum atomic E-state index is -0.0507. The summed E-state index contributed by atoms with van der Waals surface area (Å²) in [5, 5.41) is 12.6. The maximum atomic E-state index is 9.23. The summed E-state index contributed by atoms with van der Waals surface area (Å²) < 4.78 is 10.5. The van der Waals surface area contributed by atoms with Crippen molar-refractivity contribution in [3.8, 4) is 11.5 Å². The van der Waals surface area contributed by atoms with E-state index in [-0.39, 0.29) is 12.1 Å². The van der Waals surface area contributed by atoms with E-state index in [1.807, 2.05) is 18.2 Å². The Bertz CT molecular complexity index is 388. The number of aliphatic hydroxyl groups excluding tert-OH is 1. The Kier molecular flexibility index (Phi) is 3.54. The first-order valence-electron chi connectivity index (χ1n) is 5.80. The van der Waals surface area contributed by atoms with E-state index in [2.05, 4.69) is 5.32 Å². The highest BCUT2D eigenvalue weighted by Crippen LogP contribution is 2.35. The molecule has 1 aliphatic carbocycles. The topological polar surface area (TPSA) is 50.7 Å². The number of hydrogen-bond donors (Lipinski definition) is 2. The summed E-state index contributed by atoms with van der Waals surface area (Å²) in [5.41, 5.74) is 1.03. The largest absolute Gasteiger partial charge is 0.497 e. The minimum Gasteiger partial charge on any atom is -0.497 e. The molecule has 1 saturated carbocycles. The van der Waals surface area contributed by atoms with Crippen LogP contribution in [0.25, 0.3) is 0 Å². The van der Waals surface area contributed by atoms with Crippen LogP contribution in [0.1, 0.15) is 18.4 Å². The van der Waals surface area contributed by atoms with Crippen LogP contribution >= 0.6 is 0 Å². The lowest BCUT2D eigenvalue weighted by atomic mass is 10.1. The van der Waals surface area contributed by atoms with Crippen molar-refractivity contribution in [3.05, 3.63) is 23.8 Å². The summed E-state index contributed by atoms with van der Waals surface area (Å²) in [6.07, 6.45) is 2.09. The highest BCUT2D eigenvalue weighted by atomic mass is 16.5. The van der Waals surface area contributed by atoms with Crippen molar-refractivity contribution in [1.82, 2.24) is 5.32 Å². The summed E-state index contributed by atoms with van der Waals surface area (Å²) in [6, 6.07) is 5.77. The van der Waals surface area contributed by atoms with Crippen LogP contribution in [0, 0.1) is 0 Å². The van der Waals surface area contributed by atoms with Crippen molar-refractivity contribution < 1.29 is 14.6 Å². The smallest absolute Gasteiger partial charge is 0.127 e. The van der Waals surface area contributed by atoms with E-state index >= 15 is 0 Å². The molecule has 0 bridgehead atoms. The fraction of sp³-hybridized carbons (Fsp3) is 0.538. The van der Waals surface area contributed by atoms with Crippen molar-refractivity contribution >= 4 is 0 Å². The van der Waals surface area contributed by atoms with Gasteiger partial charge in [0.05, 0.1) is 20.8 Å². The maximum absolute atomic E-state index is 9.23. The molecule has 1 aromatic rings. The Hall–Kier alpha value is -1.26. The Labute approximate surface area is 102 Å². The molecule has 2 rings (SSSR count). The van der Waals surface area contributed by atoms with E-state index in [0.717, 1.165) is 29.9 Å². The van der Waals surface area contributed by atoms with Crippen LogP contribution in [0.5, 0.6) is 11.5 Å². The molecule has 0 heterocycles. The Balaban J connectivity index is 2.04. The zero-order chi connectivity index (χ0) is 12.3. The fourth-order valence-electron chi connectivity index (χ4n) is 1.82. The normalized spacial score (nSPS) is 16.6. The van der Waals surface area contributed by atoms with Crippen LogP contribution in [-0.2, 0) is 6.54 Å². The van der Waals surface area contributed by atoms with Gasteiger partial charge in [0.15, 0.2) is 0 Å². The van der Waals surface area contributed by atoms with Crippen molar-refractivity contribution in [2.24, 2.45) is 0 Å². The van der Waals surface area contributed by atoms with Crippen molar-refractivity contribution in [2.45, 2.75) is 24.9 Å². The van der Waals surface area contributed by atoms with Crippen molar-refractivity contribution in [2.75, 3.05) is 20.8 Å². The molecule has 94 valence electrons. The molecule has 1 aliphatic rings. The molecule has 0 atom stereocenters. The summed E-state index contributed by atoms with van der Waals surface area (Å²) >= 11 is 0. The van der Waals surface area contributed by atoms with E-state index in [1.54, 1.807) is 14.2 Å². The van der Waals surface area contributed by atoms with Crippen LogP contribution in [0.15, 0.2) is 18.2 Å². The molecule has 0 spiro atoms. The number of methoxy groups -OCH3 is 2.